The molecule has 3 fully saturated rings. The van der Waals surface area contributed by atoms with Crippen molar-refractivity contribution in [2.24, 2.45) is 17.6 Å². The molecule has 25 heteroatoms. The van der Waals surface area contributed by atoms with Gasteiger partial charge < -0.3 is 88.1 Å². The Morgan fingerprint density at radius 3 is 1.95 bits per heavy atom. The van der Waals surface area contributed by atoms with Crippen LogP contribution in [0.3, 0.4) is 0 Å². The van der Waals surface area contributed by atoms with Crippen molar-refractivity contribution < 1.29 is 84.3 Å². The molecule has 1 aromatic carbocycles. The molecule has 25 nitrogen and oxygen atoms in total. The second kappa shape index (κ2) is 29.1. The van der Waals surface area contributed by atoms with Gasteiger partial charge in [0.1, 0.15) is 60.3 Å². The number of rotatable bonds is 20. The first-order chi connectivity index (χ1) is 35.3. The lowest BCUT2D eigenvalue weighted by atomic mass is 9.91. The third kappa shape index (κ3) is 17.8. The van der Waals surface area contributed by atoms with Crippen LogP contribution < -0.4 is 32.3 Å². The normalized spacial score (nSPS) is 29.0. The van der Waals surface area contributed by atoms with E-state index in [0.29, 0.717) is 29.6 Å². The molecule has 3 heterocycles. The van der Waals surface area contributed by atoms with Crippen molar-refractivity contribution in [3.05, 3.63) is 29.8 Å². The van der Waals surface area contributed by atoms with Crippen molar-refractivity contribution in [1.29, 1.82) is 0 Å². The van der Waals surface area contributed by atoms with E-state index in [0.717, 1.165) is 74.6 Å². The molecule has 16 atom stereocenters. The Hall–Kier alpha value is -5.54. The quantitative estimate of drug-likeness (QED) is 0.0568. The number of nitrogens with two attached hydrogens (primary N) is 1. The molecule has 1 unspecified atom stereocenters. The number of hydrogen-bond donors (Lipinski definition) is 15. The molecule has 3 saturated heterocycles. The number of aliphatic hydroxyl groups excluding tert-OH is 8. The van der Waals surface area contributed by atoms with Gasteiger partial charge in [0.2, 0.25) is 47.3 Å². The fraction of sp³-hybridized carbons (Fsp3) is 0.720. The summed E-state index contributed by atoms with van der Waals surface area (Å²) in [5.74, 6) is -8.59. The molecule has 75 heavy (non-hydrogen) atoms. The highest BCUT2D eigenvalue weighted by Gasteiger charge is 2.49. The fourth-order valence-corrected chi connectivity index (χ4v) is 9.79. The minimum atomic E-state index is -2.36. The number of nitrogens with one attached hydrogen (secondary N) is 5. The largest absolute Gasteiger partial charge is 0.508 e. The molecule has 8 amide bonds. The van der Waals surface area contributed by atoms with Crippen molar-refractivity contribution in [2.75, 3.05) is 13.1 Å². The van der Waals surface area contributed by atoms with E-state index in [1.165, 1.54) is 6.42 Å². The van der Waals surface area contributed by atoms with Crippen LogP contribution in [-0.4, -0.2) is 195 Å². The summed E-state index contributed by atoms with van der Waals surface area (Å²) >= 11 is 0. The predicted octanol–water partition coefficient (Wildman–Crippen LogP) is -3.34. The number of benzene rings is 1. The Balaban J connectivity index is 1.69. The number of primary amides is 1. The van der Waals surface area contributed by atoms with Gasteiger partial charge in [-0.3, -0.25) is 38.4 Å². The van der Waals surface area contributed by atoms with Crippen LogP contribution >= 0.6 is 0 Å². The van der Waals surface area contributed by atoms with E-state index in [9.17, 15) is 84.3 Å². The number of unbranched alkanes of at least 4 members (excludes halogenated alkanes) is 5. The van der Waals surface area contributed by atoms with Crippen LogP contribution in [0.5, 0.6) is 5.75 Å². The second-order valence-corrected chi connectivity index (χ2v) is 20.6. The summed E-state index contributed by atoms with van der Waals surface area (Å²) in [6, 6.07) is -7.37. The van der Waals surface area contributed by atoms with Gasteiger partial charge in [0.15, 0.2) is 6.23 Å². The summed E-state index contributed by atoms with van der Waals surface area (Å²) < 4.78 is 0. The van der Waals surface area contributed by atoms with Gasteiger partial charge in [0, 0.05) is 32.4 Å². The van der Waals surface area contributed by atoms with Crippen LogP contribution in [0.4, 0.5) is 0 Å². The zero-order valence-corrected chi connectivity index (χ0v) is 43.1. The zero-order chi connectivity index (χ0) is 55.8. The van der Waals surface area contributed by atoms with E-state index >= 15 is 0 Å². The molecular weight excluding hydrogens is 985 g/mol. The van der Waals surface area contributed by atoms with E-state index in [1.807, 2.05) is 0 Å². The Morgan fingerprint density at radius 1 is 0.720 bits per heavy atom. The third-order valence-electron chi connectivity index (χ3n) is 14.3. The minimum absolute atomic E-state index is 0.0795. The topological polar surface area (TPSA) is 411 Å². The molecule has 1 aromatic rings. The SMILES string of the molecule is CCC(C)C[C@H](C)CCCCCCCCC(=O)N[C@H]1C[C@@H](O)[C@@H](O)NC(=O)[C@@H]2[C@@H](O)CCN2C(=O)[C@H]([C@H](O)CC(N)=O)NC(=O)[C@H]([C@H](O)[C@@H](O)c2ccc(O)cc2)NC(=O)[C@@H]2C[C@@H](O)CN2C(=O)[C@H]([C@@H](C)O)NC1=O. The smallest absolute Gasteiger partial charge is 0.248 e. The second-order valence-electron chi connectivity index (χ2n) is 20.6. The number of fused-ring (bicyclic) bond motifs is 2. The van der Waals surface area contributed by atoms with Crippen molar-refractivity contribution in [3.63, 3.8) is 0 Å². The van der Waals surface area contributed by atoms with Crippen molar-refractivity contribution in [3.8, 4) is 5.75 Å². The standard InChI is InChI=1S/C50H80N8O17/c1-5-25(2)20-26(3)12-10-8-6-7-9-11-13-37(66)52-31-22-35(64)46(71)56-48(73)41-33(62)18-19-57(41)50(75)39(34(63)23-36(51)65)54-47(72)40(43(68)42(67)28-14-16-29(60)17-15-28)55-45(70)32-21-30(61)24-58(32)49(74)38(27(4)59)53-44(31)69/h14-17,25-27,30-35,38-43,46,59-64,67-68,71H,5-13,18-24H2,1-4H3,(H2,51,65)(H,52,66)(H,53,69)(H,54,72)(H,55,70)(H,56,73)/t25?,26-,27-,30-,31+,32+,33+,34-,35-,38+,39+,40+,41+,42+,43+,46-/m1/s1. The molecular formula is C50H80N8O17. The van der Waals surface area contributed by atoms with Crippen molar-refractivity contribution in [1.82, 2.24) is 36.4 Å². The highest BCUT2D eigenvalue weighted by molar-refractivity contribution is 5.98. The minimum Gasteiger partial charge on any atom is -0.508 e. The van der Waals surface area contributed by atoms with Crippen molar-refractivity contribution >= 4 is 47.3 Å². The number of phenols is 1. The Bertz CT molecular complexity index is 2100. The summed E-state index contributed by atoms with van der Waals surface area (Å²) in [6.07, 6.45) is -10.2. The van der Waals surface area contributed by atoms with E-state index in [4.69, 9.17) is 5.73 Å². The average molecular weight is 1070 g/mol. The van der Waals surface area contributed by atoms with Crippen LogP contribution in [0.1, 0.15) is 129 Å². The lowest BCUT2D eigenvalue weighted by molar-refractivity contribution is -0.149. The summed E-state index contributed by atoms with van der Waals surface area (Å²) in [7, 11) is 0. The van der Waals surface area contributed by atoms with Gasteiger partial charge in [-0.1, -0.05) is 77.8 Å². The number of carbonyl (C=O) groups excluding carboxylic acids is 8. The number of aromatic hydroxyl groups is 1. The molecule has 0 saturated carbocycles. The Kier molecular flexibility index (Phi) is 24.1. The molecule has 422 valence electrons. The summed E-state index contributed by atoms with van der Waals surface area (Å²) in [4.78, 5) is 112. The molecule has 3 aliphatic heterocycles. The number of amides is 8. The molecule has 3 aliphatic rings. The van der Waals surface area contributed by atoms with Crippen LogP contribution in [0, 0.1) is 11.8 Å². The van der Waals surface area contributed by atoms with Gasteiger partial charge in [-0.15, -0.1) is 0 Å². The van der Waals surface area contributed by atoms with Crippen LogP contribution in [0.2, 0.25) is 0 Å². The van der Waals surface area contributed by atoms with Crippen LogP contribution in [0.25, 0.3) is 0 Å². The Morgan fingerprint density at radius 2 is 1.32 bits per heavy atom. The summed E-state index contributed by atoms with van der Waals surface area (Å²) in [5.41, 5.74) is 5.21. The maximum atomic E-state index is 14.4. The molecule has 0 aromatic heterocycles. The first kappa shape index (κ1) is 62.0. The van der Waals surface area contributed by atoms with E-state index < -0.39 is 165 Å². The monoisotopic (exact) mass is 1060 g/mol. The Labute approximate surface area is 436 Å². The maximum Gasteiger partial charge on any atom is 0.248 e. The van der Waals surface area contributed by atoms with Crippen molar-refractivity contribution in [2.45, 2.75) is 203 Å². The number of hydrogen-bond acceptors (Lipinski definition) is 17. The lowest BCUT2D eigenvalue weighted by Crippen LogP contribution is -2.64. The van der Waals surface area contributed by atoms with E-state index in [-0.39, 0.29) is 24.2 Å². The molecule has 0 radical (unpaired) electrons. The fourth-order valence-electron chi connectivity index (χ4n) is 9.79. The molecule has 0 aliphatic carbocycles. The first-order valence-corrected chi connectivity index (χ1v) is 26.0. The number of carbonyl (C=O) groups is 8. The average Bonchev–Trinajstić information content (AvgIpc) is 3.95. The van der Waals surface area contributed by atoms with Gasteiger partial charge in [-0.05, 0) is 55.7 Å². The van der Waals surface area contributed by atoms with E-state index in [1.54, 1.807) is 0 Å². The molecule has 16 N–H and O–H groups in total. The predicted molar refractivity (Wildman–Crippen MR) is 265 cm³/mol. The van der Waals surface area contributed by atoms with Gasteiger partial charge in [0.25, 0.3) is 0 Å². The number of phenolic OH excluding ortho intramolecular Hbond substituents is 1. The molecule has 4 rings (SSSR count). The first-order valence-electron chi connectivity index (χ1n) is 26.0. The maximum absolute atomic E-state index is 14.4. The third-order valence-corrected chi connectivity index (χ3v) is 14.3. The number of aliphatic hydroxyl groups is 8. The van der Waals surface area contributed by atoms with Gasteiger partial charge >= 0.3 is 0 Å². The van der Waals surface area contributed by atoms with Gasteiger partial charge in [0.05, 0.1) is 30.8 Å². The number of nitrogens with zero attached hydrogens (tertiary/aromatic N) is 2. The van der Waals surface area contributed by atoms with Crippen LogP contribution in [0.15, 0.2) is 24.3 Å². The highest BCUT2D eigenvalue weighted by atomic mass is 16.3. The summed E-state index contributed by atoms with van der Waals surface area (Å²) in [5, 5.41) is 110. The van der Waals surface area contributed by atoms with Gasteiger partial charge in [-0.25, -0.2) is 0 Å². The van der Waals surface area contributed by atoms with E-state index in [2.05, 4.69) is 47.4 Å². The zero-order valence-electron chi connectivity index (χ0n) is 43.1. The summed E-state index contributed by atoms with van der Waals surface area (Å²) in [6.45, 7) is 6.76. The molecule has 0 bridgehead atoms. The lowest BCUT2D eigenvalue weighted by Gasteiger charge is -2.34. The highest BCUT2D eigenvalue weighted by Crippen LogP contribution is 2.27. The van der Waals surface area contributed by atoms with Gasteiger partial charge in [-0.2, -0.15) is 0 Å². The van der Waals surface area contributed by atoms with Crippen LogP contribution in [-0.2, 0) is 38.4 Å². The molecule has 0 spiro atoms.